The summed E-state index contributed by atoms with van der Waals surface area (Å²) >= 11 is 1.28. The van der Waals surface area contributed by atoms with Crippen LogP contribution in [0.5, 0.6) is 0 Å². The van der Waals surface area contributed by atoms with Crippen molar-refractivity contribution in [3.8, 4) is 0 Å². The Morgan fingerprint density at radius 3 is 2.73 bits per heavy atom. The van der Waals surface area contributed by atoms with Gasteiger partial charge < -0.3 is 10.2 Å². The van der Waals surface area contributed by atoms with Gasteiger partial charge in [-0.15, -0.1) is 16.4 Å². The Morgan fingerprint density at radius 2 is 2.00 bits per heavy atom. The fourth-order valence-electron chi connectivity index (χ4n) is 1.89. The molecule has 3 aromatic rings. The molecule has 2 heterocycles. The molecular weight excluding hydrogens is 302 g/mol. The molecule has 0 atom stereocenters. The number of nitrogens with two attached hydrogens (primary N) is 1. The van der Waals surface area contributed by atoms with Crippen molar-refractivity contribution in [3.63, 3.8) is 0 Å². The Labute approximate surface area is 128 Å². The minimum absolute atomic E-state index is 0.0314. The van der Waals surface area contributed by atoms with Gasteiger partial charge in [-0.2, -0.15) is 0 Å². The Bertz CT molecular complexity index is 913. The van der Waals surface area contributed by atoms with E-state index in [0.29, 0.717) is 10.5 Å². The smallest absolute Gasteiger partial charge is 0.281 e. The maximum absolute atomic E-state index is 11.9. The number of fused-ring (bicyclic) bond motifs is 1. The van der Waals surface area contributed by atoms with Gasteiger partial charge in [0.1, 0.15) is 11.1 Å². The standard InChI is InChI=1S/C15H11N3O3S/c16-13(19)10-8-9-4-1-2-5-11(9)21-15(10)18-17-14(20)12-6-3-7-22-12/h1-8H,(H2,16,19)(H,17,20). The summed E-state index contributed by atoms with van der Waals surface area (Å²) in [6, 6.07) is 12.1. The predicted octanol–water partition coefficient (Wildman–Crippen LogP) is 1.84. The SMILES string of the molecule is NC(=O)c1cc2ccccc2oc1=NNC(=O)c1cccs1. The highest BCUT2D eigenvalue weighted by atomic mass is 32.1. The molecule has 3 N–H and O–H groups in total. The van der Waals surface area contributed by atoms with Crippen LogP contribution in [0.1, 0.15) is 20.0 Å². The molecule has 110 valence electrons. The lowest BCUT2D eigenvalue weighted by molar-refractivity contribution is 0.0950. The number of rotatable bonds is 3. The van der Waals surface area contributed by atoms with Gasteiger partial charge in [-0.1, -0.05) is 24.3 Å². The van der Waals surface area contributed by atoms with Crippen LogP contribution in [0.3, 0.4) is 0 Å². The largest absolute Gasteiger partial charge is 0.436 e. The van der Waals surface area contributed by atoms with E-state index in [1.54, 1.807) is 41.8 Å². The molecule has 3 rings (SSSR count). The first-order valence-electron chi connectivity index (χ1n) is 6.35. The highest BCUT2D eigenvalue weighted by Gasteiger charge is 2.10. The van der Waals surface area contributed by atoms with Crippen LogP contribution < -0.4 is 16.7 Å². The number of nitrogens with zero attached hydrogens (tertiary/aromatic N) is 1. The van der Waals surface area contributed by atoms with Gasteiger partial charge in [0.2, 0.25) is 5.55 Å². The third-order valence-corrected chi connectivity index (χ3v) is 3.79. The quantitative estimate of drug-likeness (QED) is 0.722. The molecule has 0 saturated carbocycles. The van der Waals surface area contributed by atoms with Gasteiger partial charge in [-0.05, 0) is 23.6 Å². The van der Waals surface area contributed by atoms with Gasteiger partial charge in [0, 0.05) is 5.39 Å². The molecule has 0 aliphatic carbocycles. The average Bonchev–Trinajstić information content (AvgIpc) is 3.06. The molecule has 0 aliphatic heterocycles. The predicted molar refractivity (Wildman–Crippen MR) is 82.1 cm³/mol. The van der Waals surface area contributed by atoms with E-state index in [1.807, 2.05) is 6.07 Å². The van der Waals surface area contributed by atoms with Crippen LogP contribution >= 0.6 is 11.3 Å². The first-order valence-corrected chi connectivity index (χ1v) is 7.23. The second-order valence-corrected chi connectivity index (χ2v) is 5.35. The molecule has 2 aromatic heterocycles. The number of amides is 2. The van der Waals surface area contributed by atoms with Gasteiger partial charge in [-0.25, -0.2) is 5.43 Å². The molecule has 22 heavy (non-hydrogen) atoms. The molecule has 0 bridgehead atoms. The van der Waals surface area contributed by atoms with E-state index in [0.717, 1.165) is 5.39 Å². The van der Waals surface area contributed by atoms with Crippen LogP contribution in [0, 0.1) is 0 Å². The van der Waals surface area contributed by atoms with E-state index in [1.165, 1.54) is 11.3 Å². The number of hydrogen-bond acceptors (Lipinski definition) is 5. The summed E-state index contributed by atoms with van der Waals surface area (Å²) in [4.78, 5) is 23.9. The second-order valence-electron chi connectivity index (χ2n) is 4.40. The summed E-state index contributed by atoms with van der Waals surface area (Å²) < 4.78 is 5.54. The molecule has 0 radical (unpaired) electrons. The lowest BCUT2D eigenvalue weighted by atomic mass is 10.2. The topological polar surface area (TPSA) is 97.7 Å². The highest BCUT2D eigenvalue weighted by Crippen LogP contribution is 2.12. The Balaban J connectivity index is 2.04. The van der Waals surface area contributed by atoms with Gasteiger partial charge in [0.05, 0.1) is 4.88 Å². The van der Waals surface area contributed by atoms with Crippen LogP contribution in [0.15, 0.2) is 57.4 Å². The summed E-state index contributed by atoms with van der Waals surface area (Å²) in [5.41, 5.74) is 8.30. The van der Waals surface area contributed by atoms with Gasteiger partial charge in [0.15, 0.2) is 0 Å². The van der Waals surface area contributed by atoms with E-state index in [4.69, 9.17) is 10.2 Å². The summed E-state index contributed by atoms with van der Waals surface area (Å²) in [5, 5.41) is 6.38. The molecule has 0 aliphatic rings. The van der Waals surface area contributed by atoms with Gasteiger partial charge in [-0.3, -0.25) is 9.59 Å². The van der Waals surface area contributed by atoms with Crippen LogP contribution in [0.2, 0.25) is 0 Å². The molecule has 1 aromatic carbocycles. The summed E-state index contributed by atoms with van der Waals surface area (Å²) in [6.45, 7) is 0. The number of para-hydroxylation sites is 1. The molecule has 2 amide bonds. The lowest BCUT2D eigenvalue weighted by Gasteiger charge is -2.01. The number of carbonyl (C=O) groups is 2. The monoisotopic (exact) mass is 313 g/mol. The van der Waals surface area contributed by atoms with E-state index >= 15 is 0 Å². The van der Waals surface area contributed by atoms with Crippen molar-refractivity contribution in [1.29, 1.82) is 0 Å². The number of thiophene rings is 1. The zero-order valence-electron chi connectivity index (χ0n) is 11.3. The fourth-order valence-corrected chi connectivity index (χ4v) is 2.51. The van der Waals surface area contributed by atoms with Crippen LogP contribution in [0.4, 0.5) is 0 Å². The highest BCUT2D eigenvalue weighted by molar-refractivity contribution is 7.12. The zero-order valence-corrected chi connectivity index (χ0v) is 12.1. The van der Waals surface area contributed by atoms with Crippen molar-refractivity contribution in [3.05, 3.63) is 63.8 Å². The Kier molecular flexibility index (Phi) is 3.71. The summed E-state index contributed by atoms with van der Waals surface area (Å²) in [6.07, 6.45) is 0. The minimum atomic E-state index is -0.682. The van der Waals surface area contributed by atoms with Gasteiger partial charge >= 0.3 is 0 Å². The van der Waals surface area contributed by atoms with E-state index in [2.05, 4.69) is 10.5 Å². The molecule has 7 heteroatoms. The van der Waals surface area contributed by atoms with Crippen LogP contribution in [-0.2, 0) is 0 Å². The first-order chi connectivity index (χ1) is 10.6. The van der Waals surface area contributed by atoms with Crippen molar-refractivity contribution in [2.45, 2.75) is 0 Å². The molecular formula is C15H11N3O3S. The molecule has 0 spiro atoms. The van der Waals surface area contributed by atoms with Gasteiger partial charge in [0.25, 0.3) is 11.8 Å². The number of primary amides is 1. The number of nitrogens with one attached hydrogen (secondary N) is 1. The summed E-state index contributed by atoms with van der Waals surface area (Å²) in [7, 11) is 0. The maximum Gasteiger partial charge on any atom is 0.281 e. The Hall–Kier alpha value is -2.93. The molecule has 0 fully saturated rings. The maximum atomic E-state index is 11.9. The fraction of sp³-hybridized carbons (Fsp3) is 0. The number of hydrogen-bond donors (Lipinski definition) is 2. The first kappa shape index (κ1) is 14.0. The summed E-state index contributed by atoms with van der Waals surface area (Å²) in [5.74, 6) is -1.06. The van der Waals surface area contributed by atoms with Crippen molar-refractivity contribution >= 4 is 34.1 Å². The zero-order chi connectivity index (χ0) is 15.5. The van der Waals surface area contributed by atoms with E-state index < -0.39 is 5.91 Å². The third kappa shape index (κ3) is 2.75. The van der Waals surface area contributed by atoms with E-state index in [9.17, 15) is 9.59 Å². The third-order valence-electron chi connectivity index (χ3n) is 2.93. The lowest BCUT2D eigenvalue weighted by Crippen LogP contribution is -2.26. The van der Waals surface area contributed by atoms with Crippen molar-refractivity contribution in [2.75, 3.05) is 0 Å². The second kappa shape index (κ2) is 5.82. The normalized spacial score (nSPS) is 11.5. The van der Waals surface area contributed by atoms with Crippen molar-refractivity contribution in [2.24, 2.45) is 10.8 Å². The van der Waals surface area contributed by atoms with Crippen molar-refractivity contribution < 1.29 is 14.0 Å². The number of carbonyl (C=O) groups excluding carboxylic acids is 2. The van der Waals surface area contributed by atoms with Crippen molar-refractivity contribution in [1.82, 2.24) is 5.43 Å². The molecule has 0 saturated heterocycles. The van der Waals surface area contributed by atoms with E-state index in [-0.39, 0.29) is 17.0 Å². The minimum Gasteiger partial charge on any atom is -0.436 e. The Morgan fingerprint density at radius 1 is 1.18 bits per heavy atom. The number of benzene rings is 1. The average molecular weight is 313 g/mol. The van der Waals surface area contributed by atoms with Crippen LogP contribution in [0.25, 0.3) is 11.0 Å². The molecule has 0 unspecified atom stereocenters. The molecule has 6 nitrogen and oxygen atoms in total. The van der Waals surface area contributed by atoms with Crippen LogP contribution in [-0.4, -0.2) is 11.8 Å².